The second kappa shape index (κ2) is 7.24. The van der Waals surface area contributed by atoms with Crippen molar-refractivity contribution >= 4 is 27.6 Å². The predicted molar refractivity (Wildman–Crippen MR) is 111 cm³/mol. The van der Waals surface area contributed by atoms with Crippen molar-refractivity contribution in [1.29, 1.82) is 0 Å². The third kappa shape index (κ3) is 4.53. The number of hydrogen-bond acceptors (Lipinski definition) is 6. The van der Waals surface area contributed by atoms with Crippen molar-refractivity contribution in [3.63, 3.8) is 0 Å². The number of amides is 1. The van der Waals surface area contributed by atoms with Crippen molar-refractivity contribution in [2.75, 3.05) is 19.3 Å². The van der Waals surface area contributed by atoms with E-state index in [1.165, 1.54) is 39.1 Å². The van der Waals surface area contributed by atoms with Crippen LogP contribution in [0.4, 0.5) is 14.9 Å². The highest BCUT2D eigenvalue weighted by molar-refractivity contribution is 7.91. The summed E-state index contributed by atoms with van der Waals surface area (Å²) in [6.07, 6.45) is -0.848. The van der Waals surface area contributed by atoms with Crippen molar-refractivity contribution in [3.8, 4) is 0 Å². The maximum Gasteiger partial charge on any atom is 0.413 e. The molecule has 2 rings (SSSR count). The first-order valence-corrected chi connectivity index (χ1v) is 10.6. The lowest BCUT2D eigenvalue weighted by Crippen LogP contribution is -2.53. The molecule has 162 valence electrons. The maximum atomic E-state index is 14.7. The standard InChI is InChI=1S/C19H29FN4O4S/c1-17(2,3)28-16(25)22-15-18(4,5)29(26,27)24(7)11-19(6,23-15)13-10-12(21)8-9-14(13)20/h8-10H,11,21H2,1-7H3,(H,22,23,25)/t19-/m0/s1. The topological polar surface area (TPSA) is 114 Å². The van der Waals surface area contributed by atoms with Crippen LogP contribution >= 0.6 is 0 Å². The minimum Gasteiger partial charge on any atom is -0.444 e. The van der Waals surface area contributed by atoms with Crippen LogP contribution < -0.4 is 11.1 Å². The van der Waals surface area contributed by atoms with E-state index >= 15 is 0 Å². The van der Waals surface area contributed by atoms with Gasteiger partial charge >= 0.3 is 6.09 Å². The van der Waals surface area contributed by atoms with Gasteiger partial charge in [-0.2, -0.15) is 0 Å². The zero-order valence-electron chi connectivity index (χ0n) is 17.8. The van der Waals surface area contributed by atoms with Crippen molar-refractivity contribution < 1.29 is 22.3 Å². The average molecular weight is 429 g/mol. The number of carbonyl (C=O) groups is 1. The van der Waals surface area contributed by atoms with Gasteiger partial charge in [0.2, 0.25) is 10.0 Å². The van der Waals surface area contributed by atoms with Gasteiger partial charge in [0.05, 0.1) is 0 Å². The summed E-state index contributed by atoms with van der Waals surface area (Å²) in [6, 6.07) is 4.03. The molecule has 0 spiro atoms. The molecule has 1 aliphatic heterocycles. The zero-order valence-corrected chi connectivity index (χ0v) is 18.6. The number of rotatable bonds is 1. The number of nitrogens with one attached hydrogen (secondary N) is 1. The number of nitrogens with zero attached hydrogens (tertiary/aromatic N) is 2. The van der Waals surface area contributed by atoms with Gasteiger partial charge in [-0.25, -0.2) is 21.9 Å². The van der Waals surface area contributed by atoms with Gasteiger partial charge in [-0.15, -0.1) is 0 Å². The molecule has 1 aromatic carbocycles. The van der Waals surface area contributed by atoms with E-state index in [9.17, 15) is 17.6 Å². The van der Waals surface area contributed by atoms with Gasteiger partial charge in [0.1, 0.15) is 27.5 Å². The molecule has 0 unspecified atom stereocenters. The van der Waals surface area contributed by atoms with Crippen LogP contribution in [0, 0.1) is 5.82 Å². The molecule has 0 radical (unpaired) electrons. The van der Waals surface area contributed by atoms with Gasteiger partial charge in [-0.1, -0.05) is 0 Å². The second-order valence-corrected chi connectivity index (χ2v) is 11.5. The van der Waals surface area contributed by atoms with Crippen LogP contribution in [-0.2, 0) is 20.3 Å². The Morgan fingerprint density at radius 2 is 1.90 bits per heavy atom. The quantitative estimate of drug-likeness (QED) is 0.668. The first-order valence-electron chi connectivity index (χ1n) is 9.11. The molecule has 29 heavy (non-hydrogen) atoms. The normalized spacial score (nSPS) is 24.3. The van der Waals surface area contributed by atoms with E-state index in [-0.39, 0.29) is 17.9 Å². The molecule has 0 saturated carbocycles. The number of nitrogen functional groups attached to an aromatic ring is 1. The van der Waals surface area contributed by atoms with Gasteiger partial charge in [-0.05, 0) is 59.7 Å². The number of sulfonamides is 1. The van der Waals surface area contributed by atoms with E-state index in [4.69, 9.17) is 10.5 Å². The Balaban J connectivity index is 2.67. The number of nitrogens with two attached hydrogens (primary N) is 1. The molecular formula is C19H29FN4O4S. The van der Waals surface area contributed by atoms with Crippen molar-refractivity contribution in [2.24, 2.45) is 4.99 Å². The second-order valence-electron chi connectivity index (χ2n) is 8.87. The van der Waals surface area contributed by atoms with E-state index in [1.54, 1.807) is 27.7 Å². The van der Waals surface area contributed by atoms with E-state index in [1.807, 2.05) is 0 Å². The van der Waals surface area contributed by atoms with Crippen LogP contribution in [-0.4, -0.2) is 48.6 Å². The van der Waals surface area contributed by atoms with Gasteiger partial charge in [-0.3, -0.25) is 10.3 Å². The van der Waals surface area contributed by atoms with Gasteiger partial charge in [0, 0.05) is 24.8 Å². The van der Waals surface area contributed by atoms with Gasteiger partial charge in [0.15, 0.2) is 0 Å². The van der Waals surface area contributed by atoms with Crippen molar-refractivity contribution in [3.05, 3.63) is 29.6 Å². The first-order chi connectivity index (χ1) is 13.0. The fraction of sp³-hybridized carbons (Fsp3) is 0.579. The smallest absolute Gasteiger partial charge is 0.413 e. The number of hydrogen-bond donors (Lipinski definition) is 2. The number of anilines is 1. The summed E-state index contributed by atoms with van der Waals surface area (Å²) in [5.74, 6) is -0.715. The van der Waals surface area contributed by atoms with Crippen LogP contribution in [0.25, 0.3) is 0 Å². The lowest BCUT2D eigenvalue weighted by atomic mass is 9.91. The lowest BCUT2D eigenvalue weighted by Gasteiger charge is -2.30. The molecule has 1 amide bonds. The Bertz CT molecular complexity index is 953. The fourth-order valence-electron chi connectivity index (χ4n) is 3.13. The summed E-state index contributed by atoms with van der Waals surface area (Å²) in [6.45, 7) is 9.36. The number of benzene rings is 1. The van der Waals surface area contributed by atoms with Crippen LogP contribution in [0.3, 0.4) is 0 Å². The highest BCUT2D eigenvalue weighted by Crippen LogP contribution is 2.36. The molecule has 3 N–H and O–H groups in total. The Morgan fingerprint density at radius 1 is 1.31 bits per heavy atom. The van der Waals surface area contributed by atoms with E-state index in [0.717, 1.165) is 4.31 Å². The van der Waals surface area contributed by atoms with E-state index < -0.39 is 37.8 Å². The molecule has 0 bridgehead atoms. The Hall–Kier alpha value is -2.20. The molecule has 10 heteroatoms. The summed E-state index contributed by atoms with van der Waals surface area (Å²) in [4.78, 5) is 16.9. The number of likely N-dealkylation sites (N-methyl/N-ethyl adjacent to an activating group) is 1. The fourth-order valence-corrected chi connectivity index (χ4v) is 4.67. The number of aliphatic imine (C=N–C) groups is 1. The molecule has 0 saturated heterocycles. The zero-order chi connectivity index (χ0) is 22.4. The molecule has 1 heterocycles. The third-order valence-electron chi connectivity index (χ3n) is 4.70. The third-order valence-corrected chi connectivity index (χ3v) is 7.14. The maximum absolute atomic E-state index is 14.7. The van der Waals surface area contributed by atoms with Crippen LogP contribution in [0.1, 0.15) is 47.1 Å². The Morgan fingerprint density at radius 3 is 2.45 bits per heavy atom. The summed E-state index contributed by atoms with van der Waals surface area (Å²) >= 11 is 0. The number of alkyl carbamates (subject to hydrolysis) is 1. The SMILES string of the molecule is CN1C[C@@](C)(c2cc(N)ccc2F)N=C(NC(=O)OC(C)(C)C)C(C)(C)S1(=O)=O. The van der Waals surface area contributed by atoms with Crippen LogP contribution in [0.5, 0.6) is 0 Å². The Kier molecular flexibility index (Phi) is 5.77. The molecular weight excluding hydrogens is 399 g/mol. The lowest BCUT2D eigenvalue weighted by molar-refractivity contribution is 0.0561. The van der Waals surface area contributed by atoms with Crippen LogP contribution in [0.15, 0.2) is 23.2 Å². The number of halogens is 1. The largest absolute Gasteiger partial charge is 0.444 e. The minimum atomic E-state index is -3.94. The monoisotopic (exact) mass is 428 g/mol. The van der Waals surface area contributed by atoms with E-state index in [2.05, 4.69) is 10.3 Å². The molecule has 0 aliphatic carbocycles. The van der Waals surface area contributed by atoms with E-state index in [0.29, 0.717) is 5.69 Å². The molecule has 1 atom stereocenters. The molecule has 1 aliphatic rings. The van der Waals surface area contributed by atoms with Gasteiger partial charge < -0.3 is 10.5 Å². The molecule has 0 aromatic heterocycles. The van der Waals surface area contributed by atoms with Crippen LogP contribution in [0.2, 0.25) is 0 Å². The van der Waals surface area contributed by atoms with Crippen molar-refractivity contribution in [2.45, 2.75) is 57.4 Å². The minimum absolute atomic E-state index is 0.126. The summed E-state index contributed by atoms with van der Waals surface area (Å²) in [7, 11) is -2.54. The summed E-state index contributed by atoms with van der Waals surface area (Å²) < 4.78 is 45.7. The number of amidine groups is 1. The number of carbonyl (C=O) groups excluding carboxylic acids is 1. The summed E-state index contributed by atoms with van der Waals surface area (Å²) in [5.41, 5.74) is 4.13. The van der Waals surface area contributed by atoms with Gasteiger partial charge in [0.25, 0.3) is 0 Å². The Labute approximate surface area is 171 Å². The first kappa shape index (κ1) is 23.1. The summed E-state index contributed by atoms with van der Waals surface area (Å²) in [5, 5.41) is 2.47. The molecule has 0 fully saturated rings. The molecule has 1 aromatic rings. The number of ether oxygens (including phenoxy) is 1. The average Bonchev–Trinajstić information content (AvgIpc) is 2.58. The highest BCUT2D eigenvalue weighted by atomic mass is 32.2. The highest BCUT2D eigenvalue weighted by Gasteiger charge is 2.49. The predicted octanol–water partition coefficient (Wildman–Crippen LogP) is 2.60. The van der Waals surface area contributed by atoms with Crippen molar-refractivity contribution in [1.82, 2.24) is 9.62 Å². The molecule has 8 nitrogen and oxygen atoms in total.